The fraction of sp³-hybridized carbons (Fsp3) is 0.579. The van der Waals surface area contributed by atoms with Crippen molar-refractivity contribution in [1.82, 2.24) is 0 Å². The molecule has 0 N–H and O–H groups in total. The Morgan fingerprint density at radius 2 is 1.65 bits per heavy atom. The minimum Gasteiger partial charge on any atom is -0.272 e. The number of amides is 1. The van der Waals surface area contributed by atoms with Crippen molar-refractivity contribution >= 4 is 28.9 Å². The topological polar surface area (TPSA) is 32.7 Å². The summed E-state index contributed by atoms with van der Waals surface area (Å²) in [6.07, 6.45) is 8.47. The van der Waals surface area contributed by atoms with E-state index in [1.165, 1.54) is 38.5 Å². The number of halogens is 1. The van der Waals surface area contributed by atoms with Gasteiger partial charge in [0.1, 0.15) is 0 Å². The molecule has 1 aliphatic heterocycles. The number of hydrogen-bond acceptors (Lipinski definition) is 2. The molecule has 0 radical (unpaired) electrons. The summed E-state index contributed by atoms with van der Waals surface area (Å²) in [4.78, 5) is 12.6. The molecule has 5 aliphatic rings. The summed E-state index contributed by atoms with van der Waals surface area (Å²) in [6, 6.07) is 7.50. The first-order valence-electron chi connectivity index (χ1n) is 8.78. The molecule has 23 heavy (non-hydrogen) atoms. The number of anilines is 1. The Morgan fingerprint density at radius 1 is 1.04 bits per heavy atom. The SMILES string of the molecule is O=C1CC(C23CC4CC(CC(C4)C2)C3)=NN1c1ccccc1Cl. The van der Waals surface area contributed by atoms with E-state index in [9.17, 15) is 4.79 Å². The Kier molecular flexibility index (Phi) is 2.94. The maximum atomic E-state index is 12.6. The predicted molar refractivity (Wildman–Crippen MR) is 91.6 cm³/mol. The van der Waals surface area contributed by atoms with Gasteiger partial charge in [-0.15, -0.1) is 0 Å². The van der Waals surface area contributed by atoms with Crippen LogP contribution in [0.3, 0.4) is 0 Å². The van der Waals surface area contributed by atoms with Crippen molar-refractivity contribution in [1.29, 1.82) is 0 Å². The Morgan fingerprint density at radius 3 is 2.26 bits per heavy atom. The highest BCUT2D eigenvalue weighted by Crippen LogP contribution is 2.61. The Hall–Kier alpha value is -1.35. The van der Waals surface area contributed by atoms with Crippen molar-refractivity contribution in [3.05, 3.63) is 29.3 Å². The molecule has 6 rings (SSSR count). The van der Waals surface area contributed by atoms with E-state index in [2.05, 4.69) is 0 Å². The highest BCUT2D eigenvalue weighted by molar-refractivity contribution is 6.34. The first-order valence-corrected chi connectivity index (χ1v) is 9.16. The molecule has 0 spiro atoms. The molecule has 1 heterocycles. The largest absolute Gasteiger partial charge is 0.272 e. The van der Waals surface area contributed by atoms with Crippen LogP contribution in [0, 0.1) is 23.2 Å². The van der Waals surface area contributed by atoms with Crippen molar-refractivity contribution in [2.75, 3.05) is 5.01 Å². The lowest BCUT2D eigenvalue weighted by Crippen LogP contribution is -2.49. The van der Waals surface area contributed by atoms with Crippen LogP contribution < -0.4 is 5.01 Å². The number of hydrazone groups is 1. The van der Waals surface area contributed by atoms with Crippen LogP contribution in [0.1, 0.15) is 44.9 Å². The van der Waals surface area contributed by atoms with Gasteiger partial charge in [0.25, 0.3) is 5.91 Å². The Bertz CT molecular complexity index is 676. The van der Waals surface area contributed by atoms with Gasteiger partial charge in [-0.3, -0.25) is 4.79 Å². The fourth-order valence-electron chi connectivity index (χ4n) is 6.00. The zero-order valence-electron chi connectivity index (χ0n) is 13.2. The summed E-state index contributed by atoms with van der Waals surface area (Å²) in [7, 11) is 0. The second kappa shape index (κ2) is 4.83. The number of nitrogens with zero attached hydrogens (tertiary/aromatic N) is 2. The maximum absolute atomic E-state index is 12.6. The van der Waals surface area contributed by atoms with Crippen LogP contribution in [0.5, 0.6) is 0 Å². The third-order valence-corrected chi connectivity index (χ3v) is 6.83. The monoisotopic (exact) mass is 328 g/mol. The lowest BCUT2D eigenvalue weighted by atomic mass is 9.48. The lowest BCUT2D eigenvalue weighted by Gasteiger charge is -2.56. The molecule has 120 valence electrons. The molecular formula is C19H21ClN2O. The smallest absolute Gasteiger partial charge is 0.253 e. The van der Waals surface area contributed by atoms with Crippen LogP contribution in [-0.4, -0.2) is 11.6 Å². The van der Waals surface area contributed by atoms with E-state index in [0.717, 1.165) is 29.2 Å². The zero-order chi connectivity index (χ0) is 15.6. The van der Waals surface area contributed by atoms with Gasteiger partial charge in [0.05, 0.1) is 22.8 Å². The van der Waals surface area contributed by atoms with Crippen molar-refractivity contribution < 1.29 is 4.79 Å². The molecule has 1 aromatic rings. The van der Waals surface area contributed by atoms with E-state index in [0.29, 0.717) is 11.4 Å². The average Bonchev–Trinajstić information content (AvgIpc) is 2.89. The maximum Gasteiger partial charge on any atom is 0.253 e. The zero-order valence-corrected chi connectivity index (χ0v) is 13.9. The first kappa shape index (κ1) is 14.0. The third-order valence-electron chi connectivity index (χ3n) is 6.51. The Labute approximate surface area is 141 Å². The highest BCUT2D eigenvalue weighted by Gasteiger charge is 2.54. The quantitative estimate of drug-likeness (QED) is 0.777. The molecule has 4 saturated carbocycles. The summed E-state index contributed by atoms with van der Waals surface area (Å²) in [5.74, 6) is 2.68. The van der Waals surface area contributed by atoms with Crippen LogP contribution in [0.25, 0.3) is 0 Å². The van der Waals surface area contributed by atoms with E-state index in [-0.39, 0.29) is 11.3 Å². The van der Waals surface area contributed by atoms with E-state index < -0.39 is 0 Å². The van der Waals surface area contributed by atoms with Gasteiger partial charge in [-0.1, -0.05) is 23.7 Å². The molecule has 0 atom stereocenters. The van der Waals surface area contributed by atoms with Crippen LogP contribution in [0.4, 0.5) is 5.69 Å². The second-order valence-corrected chi connectivity index (χ2v) is 8.49. The van der Waals surface area contributed by atoms with E-state index >= 15 is 0 Å². The number of rotatable bonds is 2. The normalized spacial score (nSPS) is 38.3. The summed E-state index contributed by atoms with van der Waals surface area (Å²) in [5, 5.41) is 6.95. The lowest BCUT2D eigenvalue weighted by molar-refractivity contribution is -0.117. The van der Waals surface area contributed by atoms with Crippen LogP contribution in [0.2, 0.25) is 5.02 Å². The van der Waals surface area contributed by atoms with Crippen molar-refractivity contribution in [2.45, 2.75) is 44.9 Å². The van der Waals surface area contributed by atoms with Gasteiger partial charge >= 0.3 is 0 Å². The molecule has 1 aromatic carbocycles. The molecule has 4 fully saturated rings. The standard InChI is InChI=1S/C19H21ClN2O/c20-15-3-1-2-4-16(15)22-18(23)8-17(21-22)19-9-12-5-13(10-19)7-14(6-12)11-19/h1-4,12-14H,5-11H2. The van der Waals surface area contributed by atoms with Crippen LogP contribution in [0.15, 0.2) is 29.4 Å². The van der Waals surface area contributed by atoms with Gasteiger partial charge in [0.15, 0.2) is 0 Å². The number of carbonyl (C=O) groups excluding carboxylic acids is 1. The molecule has 0 aromatic heterocycles. The fourth-order valence-corrected chi connectivity index (χ4v) is 6.22. The van der Waals surface area contributed by atoms with Gasteiger partial charge in [-0.05, 0) is 68.4 Å². The minimum absolute atomic E-state index is 0.0730. The third kappa shape index (κ3) is 2.09. The van der Waals surface area contributed by atoms with Crippen molar-refractivity contribution in [3.63, 3.8) is 0 Å². The van der Waals surface area contributed by atoms with Crippen molar-refractivity contribution in [3.8, 4) is 0 Å². The number of hydrogen-bond donors (Lipinski definition) is 0. The Balaban J connectivity index is 1.51. The van der Waals surface area contributed by atoms with Crippen molar-refractivity contribution in [2.24, 2.45) is 28.3 Å². The number of para-hydroxylation sites is 1. The molecule has 3 nitrogen and oxygen atoms in total. The summed E-state index contributed by atoms with van der Waals surface area (Å²) >= 11 is 6.27. The molecule has 0 saturated heterocycles. The number of benzene rings is 1. The minimum atomic E-state index is 0.0730. The second-order valence-electron chi connectivity index (χ2n) is 8.08. The van der Waals surface area contributed by atoms with E-state index in [4.69, 9.17) is 16.7 Å². The van der Waals surface area contributed by atoms with Crippen LogP contribution >= 0.6 is 11.6 Å². The molecule has 4 bridgehead atoms. The van der Waals surface area contributed by atoms with Crippen LogP contribution in [-0.2, 0) is 4.79 Å². The average molecular weight is 329 g/mol. The van der Waals surface area contributed by atoms with Gasteiger partial charge in [0, 0.05) is 5.41 Å². The van der Waals surface area contributed by atoms with Gasteiger partial charge in [-0.2, -0.15) is 10.1 Å². The van der Waals surface area contributed by atoms with E-state index in [1.807, 2.05) is 24.3 Å². The van der Waals surface area contributed by atoms with Gasteiger partial charge < -0.3 is 0 Å². The van der Waals surface area contributed by atoms with Gasteiger partial charge in [-0.25, -0.2) is 0 Å². The molecule has 0 unspecified atom stereocenters. The molecular weight excluding hydrogens is 308 g/mol. The predicted octanol–water partition coefficient (Wildman–Crippen LogP) is 4.65. The number of carbonyl (C=O) groups is 1. The van der Waals surface area contributed by atoms with Gasteiger partial charge in [0.2, 0.25) is 0 Å². The molecule has 1 amide bonds. The first-order chi connectivity index (χ1) is 11.1. The highest BCUT2D eigenvalue weighted by atomic mass is 35.5. The summed E-state index contributed by atoms with van der Waals surface area (Å²) in [6.45, 7) is 0. The van der Waals surface area contributed by atoms with E-state index in [1.54, 1.807) is 5.01 Å². The molecule has 4 heteroatoms. The summed E-state index contributed by atoms with van der Waals surface area (Å²) < 4.78 is 0. The molecule has 4 aliphatic carbocycles. The summed E-state index contributed by atoms with van der Waals surface area (Å²) in [5.41, 5.74) is 2.07.